The number of quaternary nitrogens is 1. The summed E-state index contributed by atoms with van der Waals surface area (Å²) in [6.45, 7) is 0. The fraction of sp³-hybridized carbons (Fsp3) is 0.0588. The highest BCUT2D eigenvalue weighted by Crippen LogP contribution is 2.28. The zero-order valence-electron chi connectivity index (χ0n) is 13.6. The first-order valence-corrected chi connectivity index (χ1v) is 7.49. The van der Waals surface area contributed by atoms with E-state index in [4.69, 9.17) is 4.74 Å². The Labute approximate surface area is 148 Å². The van der Waals surface area contributed by atoms with Crippen LogP contribution in [0, 0.1) is 5.21 Å². The Morgan fingerprint density at radius 2 is 1.92 bits per heavy atom. The predicted molar refractivity (Wildman–Crippen MR) is 90.0 cm³/mol. The van der Waals surface area contributed by atoms with Gasteiger partial charge in [0.05, 0.1) is 7.11 Å². The van der Waals surface area contributed by atoms with Crippen LogP contribution in [0.1, 0.15) is 10.4 Å². The summed E-state index contributed by atoms with van der Waals surface area (Å²) in [6.07, 6.45) is 0.278. The number of rotatable bonds is 4. The van der Waals surface area contributed by atoms with E-state index in [2.05, 4.69) is 10.2 Å². The van der Waals surface area contributed by atoms with Crippen molar-refractivity contribution in [1.82, 2.24) is 0 Å². The largest absolute Gasteiger partial charge is 0.622 e. The summed E-state index contributed by atoms with van der Waals surface area (Å²) in [5, 5.41) is 29.7. The number of hydrogen-bond acceptors (Lipinski definition) is 7. The third kappa shape index (κ3) is 3.09. The minimum Gasteiger partial charge on any atom is -0.622 e. The molecule has 1 unspecified atom stereocenters. The number of ether oxygens (including phenoxy) is 1. The SMILES string of the molecule is COc1ccc(C(=O)N=NC2=C(C=O)N(O)c3ccccc3[NH+]2[O-])cc1. The van der Waals surface area contributed by atoms with Gasteiger partial charge in [-0.3, -0.25) is 19.9 Å². The molecule has 2 aromatic carbocycles. The van der Waals surface area contributed by atoms with Crippen molar-refractivity contribution in [3.8, 4) is 5.75 Å². The Morgan fingerprint density at radius 1 is 1.23 bits per heavy atom. The van der Waals surface area contributed by atoms with E-state index < -0.39 is 16.8 Å². The summed E-state index contributed by atoms with van der Waals surface area (Å²) in [4.78, 5) is 23.4. The second-order valence-corrected chi connectivity index (χ2v) is 5.24. The average molecular weight is 354 g/mol. The fourth-order valence-corrected chi connectivity index (χ4v) is 2.41. The number of benzene rings is 2. The molecule has 1 heterocycles. The highest BCUT2D eigenvalue weighted by atomic mass is 16.5. The van der Waals surface area contributed by atoms with Gasteiger partial charge in [0.15, 0.2) is 17.7 Å². The molecule has 0 bridgehead atoms. The second-order valence-electron chi connectivity index (χ2n) is 5.24. The van der Waals surface area contributed by atoms with Crippen LogP contribution in [0.15, 0.2) is 70.3 Å². The smallest absolute Gasteiger partial charge is 0.295 e. The van der Waals surface area contributed by atoms with E-state index in [1.165, 1.54) is 31.4 Å². The first-order chi connectivity index (χ1) is 12.6. The van der Waals surface area contributed by atoms with Gasteiger partial charge in [-0.2, -0.15) is 0 Å². The normalized spacial score (nSPS) is 16.6. The van der Waals surface area contributed by atoms with Crippen molar-refractivity contribution in [2.75, 3.05) is 12.2 Å². The van der Waals surface area contributed by atoms with Gasteiger partial charge in [0.25, 0.3) is 11.7 Å². The van der Waals surface area contributed by atoms with Crippen molar-refractivity contribution in [3.05, 3.63) is 70.8 Å². The lowest BCUT2D eigenvalue weighted by Gasteiger charge is -2.31. The number of amides is 1. The van der Waals surface area contributed by atoms with Crippen molar-refractivity contribution in [2.24, 2.45) is 10.2 Å². The number of hydrogen-bond donors (Lipinski definition) is 2. The van der Waals surface area contributed by atoms with Crippen molar-refractivity contribution >= 4 is 23.6 Å². The van der Waals surface area contributed by atoms with Crippen LogP contribution in [0.4, 0.5) is 11.4 Å². The number of nitrogens with one attached hydrogen (secondary N) is 1. The number of carbonyl (C=O) groups is 2. The van der Waals surface area contributed by atoms with Gasteiger partial charge in [0, 0.05) is 11.6 Å². The number of nitrogens with zero attached hydrogens (tertiary/aromatic N) is 3. The fourth-order valence-electron chi connectivity index (χ4n) is 2.41. The van der Waals surface area contributed by atoms with E-state index in [-0.39, 0.29) is 28.9 Å². The summed E-state index contributed by atoms with van der Waals surface area (Å²) in [5.74, 6) is -0.552. The summed E-state index contributed by atoms with van der Waals surface area (Å²) in [5.41, 5.74) is 0.138. The summed E-state index contributed by atoms with van der Waals surface area (Å²) >= 11 is 0. The second kappa shape index (κ2) is 7.23. The number of para-hydroxylation sites is 2. The molecule has 0 aromatic heterocycles. The van der Waals surface area contributed by atoms with E-state index in [9.17, 15) is 20.0 Å². The number of hydroxylamine groups is 2. The van der Waals surface area contributed by atoms with Crippen molar-refractivity contribution in [2.45, 2.75) is 0 Å². The van der Waals surface area contributed by atoms with Crippen LogP contribution in [0.3, 0.4) is 0 Å². The number of fused-ring (bicyclic) bond motifs is 1. The van der Waals surface area contributed by atoms with E-state index in [0.29, 0.717) is 10.8 Å². The van der Waals surface area contributed by atoms with Crippen LogP contribution in [0.25, 0.3) is 0 Å². The third-order valence-corrected chi connectivity index (χ3v) is 3.75. The topological polar surface area (TPSA) is 119 Å². The first-order valence-electron chi connectivity index (χ1n) is 7.49. The number of azo groups is 1. The van der Waals surface area contributed by atoms with Crippen LogP contribution in [-0.4, -0.2) is 24.5 Å². The standard InChI is InChI=1S/C17H14N4O5/c1-26-12-8-6-11(7-9-12)17(23)19-18-16-15(10-22)20(24)13-4-2-3-5-14(13)21(16)25/h2-10,21,24H,1H3. The molecule has 1 amide bonds. The van der Waals surface area contributed by atoms with Crippen LogP contribution < -0.4 is 14.9 Å². The Bertz CT molecular complexity index is 908. The van der Waals surface area contributed by atoms with Gasteiger partial charge in [-0.05, 0) is 30.3 Å². The number of allylic oxidation sites excluding steroid dienone is 1. The molecule has 0 saturated carbocycles. The number of methoxy groups -OCH3 is 1. The summed E-state index contributed by atoms with van der Waals surface area (Å²) < 4.78 is 5.00. The molecule has 0 fully saturated rings. The third-order valence-electron chi connectivity index (χ3n) is 3.75. The Balaban J connectivity index is 1.92. The molecule has 26 heavy (non-hydrogen) atoms. The van der Waals surface area contributed by atoms with Crippen LogP contribution in [-0.2, 0) is 4.79 Å². The molecule has 9 nitrogen and oxygen atoms in total. The average Bonchev–Trinajstić information content (AvgIpc) is 2.69. The number of carbonyl (C=O) groups excluding carboxylic acids is 2. The van der Waals surface area contributed by atoms with Gasteiger partial charge in [-0.25, -0.2) is 5.06 Å². The maximum Gasteiger partial charge on any atom is 0.295 e. The molecule has 2 N–H and O–H groups in total. The zero-order chi connectivity index (χ0) is 18.7. The van der Waals surface area contributed by atoms with E-state index >= 15 is 0 Å². The molecule has 9 heteroatoms. The lowest BCUT2D eigenvalue weighted by molar-refractivity contribution is -0.733. The quantitative estimate of drug-likeness (QED) is 0.489. The van der Waals surface area contributed by atoms with Gasteiger partial charge in [0.2, 0.25) is 0 Å². The Kier molecular flexibility index (Phi) is 4.85. The molecule has 0 spiro atoms. The molecule has 0 radical (unpaired) electrons. The molecule has 2 aromatic rings. The van der Waals surface area contributed by atoms with E-state index in [0.717, 1.165) is 0 Å². The Hall–Kier alpha value is -3.40. The summed E-state index contributed by atoms with van der Waals surface area (Å²) in [6, 6.07) is 12.3. The van der Waals surface area contributed by atoms with Crippen molar-refractivity contribution < 1.29 is 24.6 Å². The number of anilines is 1. The van der Waals surface area contributed by atoms with Gasteiger partial charge < -0.3 is 9.94 Å². The van der Waals surface area contributed by atoms with Gasteiger partial charge in [0.1, 0.15) is 11.4 Å². The molecular formula is C17H14N4O5. The van der Waals surface area contributed by atoms with Crippen LogP contribution >= 0.6 is 0 Å². The molecule has 132 valence electrons. The molecule has 1 aliphatic rings. The van der Waals surface area contributed by atoms with Gasteiger partial charge >= 0.3 is 0 Å². The predicted octanol–water partition coefficient (Wildman–Crippen LogP) is 1.58. The monoisotopic (exact) mass is 354 g/mol. The molecule has 0 saturated heterocycles. The molecule has 1 atom stereocenters. The van der Waals surface area contributed by atoms with E-state index in [1.807, 2.05) is 0 Å². The summed E-state index contributed by atoms with van der Waals surface area (Å²) in [7, 11) is 1.50. The van der Waals surface area contributed by atoms with Gasteiger partial charge in [-0.1, -0.05) is 17.2 Å². The molecular weight excluding hydrogens is 340 g/mol. The lowest BCUT2D eigenvalue weighted by atomic mass is 10.2. The van der Waals surface area contributed by atoms with Crippen LogP contribution in [0.2, 0.25) is 0 Å². The van der Waals surface area contributed by atoms with Crippen molar-refractivity contribution in [1.29, 1.82) is 0 Å². The van der Waals surface area contributed by atoms with Crippen molar-refractivity contribution in [3.63, 3.8) is 0 Å². The highest BCUT2D eigenvalue weighted by Gasteiger charge is 2.31. The first kappa shape index (κ1) is 17.4. The lowest BCUT2D eigenvalue weighted by Crippen LogP contribution is -3.01. The maximum absolute atomic E-state index is 12.5. The molecule has 3 rings (SSSR count). The zero-order valence-corrected chi connectivity index (χ0v) is 13.6. The minimum atomic E-state index is -0.707. The van der Waals surface area contributed by atoms with Gasteiger partial charge in [-0.15, -0.1) is 5.11 Å². The molecule has 0 aliphatic carbocycles. The highest BCUT2D eigenvalue weighted by molar-refractivity contribution is 5.94. The molecule has 1 aliphatic heterocycles. The van der Waals surface area contributed by atoms with Crippen LogP contribution in [0.5, 0.6) is 5.75 Å². The minimum absolute atomic E-state index is 0.145. The maximum atomic E-state index is 12.5. The van der Waals surface area contributed by atoms with E-state index in [1.54, 1.807) is 24.3 Å². The Morgan fingerprint density at radius 3 is 2.58 bits per heavy atom. The number of aldehydes is 1.